The Labute approximate surface area is 133 Å². The molecule has 8 heteroatoms. The van der Waals surface area contributed by atoms with E-state index in [1.54, 1.807) is 10.4 Å². The first kappa shape index (κ1) is 16.4. The van der Waals surface area contributed by atoms with Crippen molar-refractivity contribution in [2.45, 2.75) is 18.4 Å². The molecule has 1 N–H and O–H groups in total. The van der Waals surface area contributed by atoms with Gasteiger partial charge in [-0.1, -0.05) is 6.92 Å². The zero-order valence-corrected chi connectivity index (χ0v) is 14.9. The molecule has 0 saturated carbocycles. The first-order valence-electron chi connectivity index (χ1n) is 6.64. The van der Waals surface area contributed by atoms with Crippen LogP contribution in [0.2, 0.25) is 0 Å². The maximum atomic E-state index is 12.7. The van der Waals surface area contributed by atoms with Gasteiger partial charge in [0.2, 0.25) is 10.0 Å². The van der Waals surface area contributed by atoms with Crippen LogP contribution >= 0.6 is 27.3 Å². The van der Waals surface area contributed by atoms with Crippen molar-refractivity contribution < 1.29 is 8.42 Å². The fourth-order valence-electron chi connectivity index (χ4n) is 2.26. The Morgan fingerprint density at radius 1 is 1.35 bits per heavy atom. The molecule has 0 radical (unpaired) electrons. The number of thiophene rings is 1. The van der Waals surface area contributed by atoms with Crippen molar-refractivity contribution in [1.29, 1.82) is 0 Å². The quantitative estimate of drug-likeness (QED) is 0.840. The average molecular weight is 382 g/mol. The van der Waals surface area contributed by atoms with Crippen LogP contribution in [0.4, 0.5) is 0 Å². The van der Waals surface area contributed by atoms with Crippen molar-refractivity contribution in [3.63, 3.8) is 0 Å². The molecule has 0 amide bonds. The average Bonchev–Trinajstić information content (AvgIpc) is 2.81. The molecule has 5 nitrogen and oxygen atoms in total. The molecule has 1 fully saturated rings. The van der Waals surface area contributed by atoms with E-state index in [9.17, 15) is 8.42 Å². The van der Waals surface area contributed by atoms with Crippen LogP contribution in [0, 0.1) is 0 Å². The second kappa shape index (κ2) is 6.85. The van der Waals surface area contributed by atoms with Gasteiger partial charge in [0.05, 0.1) is 3.79 Å². The molecule has 20 heavy (non-hydrogen) atoms. The summed E-state index contributed by atoms with van der Waals surface area (Å²) in [7, 11) is -1.53. The minimum Gasteiger partial charge on any atom is -0.315 e. The molecule has 0 atom stereocenters. The number of hydrogen-bond donors (Lipinski definition) is 1. The summed E-state index contributed by atoms with van der Waals surface area (Å²) in [5.74, 6) is 0. The molecule has 0 unspecified atom stereocenters. The summed E-state index contributed by atoms with van der Waals surface area (Å²) < 4.78 is 27.7. The molecular weight excluding hydrogens is 362 g/mol. The van der Waals surface area contributed by atoms with E-state index in [1.807, 2.05) is 7.05 Å². The number of piperazine rings is 1. The van der Waals surface area contributed by atoms with Gasteiger partial charge in [-0.25, -0.2) is 8.42 Å². The third-order valence-electron chi connectivity index (χ3n) is 3.45. The van der Waals surface area contributed by atoms with E-state index in [-0.39, 0.29) is 0 Å². The van der Waals surface area contributed by atoms with Crippen LogP contribution in [0.15, 0.2) is 14.7 Å². The molecule has 2 heterocycles. The Balaban J connectivity index is 2.18. The SMILES string of the molecule is CCN1CCN(S(=O)(=O)c2cc(CNC)sc2Br)CC1. The van der Waals surface area contributed by atoms with Crippen molar-refractivity contribution in [2.24, 2.45) is 0 Å². The first-order valence-corrected chi connectivity index (χ1v) is 9.69. The van der Waals surface area contributed by atoms with Gasteiger partial charge in [0.25, 0.3) is 0 Å². The van der Waals surface area contributed by atoms with Gasteiger partial charge in [0.1, 0.15) is 4.90 Å². The highest BCUT2D eigenvalue weighted by Crippen LogP contribution is 2.33. The Kier molecular flexibility index (Phi) is 5.61. The summed E-state index contributed by atoms with van der Waals surface area (Å²) in [6.45, 7) is 6.51. The number of likely N-dealkylation sites (N-methyl/N-ethyl adjacent to an activating group) is 1. The second-order valence-electron chi connectivity index (χ2n) is 4.72. The van der Waals surface area contributed by atoms with Crippen molar-refractivity contribution in [1.82, 2.24) is 14.5 Å². The van der Waals surface area contributed by atoms with Gasteiger partial charge in [-0.15, -0.1) is 11.3 Å². The van der Waals surface area contributed by atoms with Crippen molar-refractivity contribution in [2.75, 3.05) is 39.8 Å². The zero-order chi connectivity index (χ0) is 14.8. The largest absolute Gasteiger partial charge is 0.315 e. The molecular formula is C12H20BrN3O2S2. The molecule has 0 aliphatic carbocycles. The summed E-state index contributed by atoms with van der Waals surface area (Å²) in [4.78, 5) is 3.68. The Bertz CT molecular complexity index is 551. The maximum absolute atomic E-state index is 12.7. The van der Waals surface area contributed by atoms with E-state index < -0.39 is 10.0 Å². The van der Waals surface area contributed by atoms with Crippen molar-refractivity contribution in [3.8, 4) is 0 Å². The lowest BCUT2D eigenvalue weighted by molar-refractivity contribution is 0.196. The molecule has 0 spiro atoms. The molecule has 114 valence electrons. The number of nitrogens with zero attached hydrogens (tertiary/aromatic N) is 2. The highest BCUT2D eigenvalue weighted by molar-refractivity contribution is 9.11. The lowest BCUT2D eigenvalue weighted by Gasteiger charge is -2.33. The van der Waals surface area contributed by atoms with E-state index >= 15 is 0 Å². The molecule has 0 aromatic carbocycles. The fraction of sp³-hybridized carbons (Fsp3) is 0.667. The minimum absolute atomic E-state index is 0.401. The highest BCUT2D eigenvalue weighted by atomic mass is 79.9. The second-order valence-corrected chi connectivity index (χ2v) is 9.08. The normalized spacial score (nSPS) is 18.6. The number of halogens is 1. The highest BCUT2D eigenvalue weighted by Gasteiger charge is 2.30. The summed E-state index contributed by atoms with van der Waals surface area (Å²) in [6, 6.07) is 1.77. The van der Waals surface area contributed by atoms with E-state index in [4.69, 9.17) is 0 Å². The fourth-order valence-corrected chi connectivity index (χ4v) is 6.33. The molecule has 1 saturated heterocycles. The molecule has 2 rings (SSSR count). The van der Waals surface area contributed by atoms with Gasteiger partial charge in [0.15, 0.2) is 0 Å². The topological polar surface area (TPSA) is 52.7 Å². The van der Waals surface area contributed by atoms with Gasteiger partial charge in [-0.2, -0.15) is 4.31 Å². The summed E-state index contributed by atoms with van der Waals surface area (Å²) in [6.07, 6.45) is 0. The van der Waals surface area contributed by atoms with Crippen LogP contribution < -0.4 is 5.32 Å². The number of hydrogen-bond acceptors (Lipinski definition) is 5. The molecule has 1 aromatic rings. The summed E-state index contributed by atoms with van der Waals surface area (Å²) >= 11 is 4.86. The summed E-state index contributed by atoms with van der Waals surface area (Å²) in [5, 5.41) is 3.04. The van der Waals surface area contributed by atoms with E-state index in [2.05, 4.69) is 33.1 Å². The third-order valence-corrected chi connectivity index (χ3v) is 7.60. The van der Waals surface area contributed by atoms with Gasteiger partial charge < -0.3 is 10.2 Å². The lowest BCUT2D eigenvalue weighted by Crippen LogP contribution is -2.48. The Hall–Kier alpha value is 0.01000. The zero-order valence-electron chi connectivity index (χ0n) is 11.7. The molecule has 1 aliphatic heterocycles. The Morgan fingerprint density at radius 3 is 2.55 bits per heavy atom. The van der Waals surface area contributed by atoms with Crippen LogP contribution in [0.3, 0.4) is 0 Å². The molecule has 1 aliphatic rings. The van der Waals surface area contributed by atoms with Crippen LogP contribution in [0.5, 0.6) is 0 Å². The number of nitrogens with one attached hydrogen (secondary N) is 1. The first-order chi connectivity index (χ1) is 9.48. The molecule has 0 bridgehead atoms. The van der Waals surface area contributed by atoms with E-state index in [0.717, 1.165) is 24.5 Å². The lowest BCUT2D eigenvalue weighted by atomic mass is 10.4. The van der Waals surface area contributed by atoms with E-state index in [1.165, 1.54) is 11.3 Å². The predicted molar refractivity (Wildman–Crippen MR) is 85.7 cm³/mol. The van der Waals surface area contributed by atoms with Crippen molar-refractivity contribution in [3.05, 3.63) is 14.7 Å². The minimum atomic E-state index is -3.38. The van der Waals surface area contributed by atoms with Gasteiger partial charge in [-0.3, -0.25) is 0 Å². The maximum Gasteiger partial charge on any atom is 0.245 e. The van der Waals surface area contributed by atoms with Crippen LogP contribution in [0.1, 0.15) is 11.8 Å². The predicted octanol–water partition coefficient (Wildman–Crippen LogP) is 1.56. The smallest absolute Gasteiger partial charge is 0.245 e. The van der Waals surface area contributed by atoms with Gasteiger partial charge in [0, 0.05) is 37.6 Å². The van der Waals surface area contributed by atoms with E-state index in [0.29, 0.717) is 28.3 Å². The summed E-state index contributed by atoms with van der Waals surface area (Å²) in [5.41, 5.74) is 0. The molecule has 1 aromatic heterocycles. The van der Waals surface area contributed by atoms with Crippen molar-refractivity contribution >= 4 is 37.3 Å². The van der Waals surface area contributed by atoms with Crippen LogP contribution in [-0.4, -0.2) is 57.4 Å². The van der Waals surface area contributed by atoms with Crippen LogP contribution in [0.25, 0.3) is 0 Å². The van der Waals surface area contributed by atoms with Gasteiger partial charge in [-0.05, 0) is 35.6 Å². The monoisotopic (exact) mass is 381 g/mol. The standard InChI is InChI=1S/C12H20BrN3O2S2/c1-3-15-4-6-16(7-5-15)20(17,18)11-8-10(9-14-2)19-12(11)13/h8,14H,3-7,9H2,1-2H3. The Morgan fingerprint density at radius 2 is 2.00 bits per heavy atom. The number of rotatable bonds is 5. The van der Waals surface area contributed by atoms with Crippen LogP contribution in [-0.2, 0) is 16.6 Å². The third kappa shape index (κ3) is 3.42. The number of sulfonamides is 1. The van der Waals surface area contributed by atoms with Gasteiger partial charge >= 0.3 is 0 Å².